The third-order valence-corrected chi connectivity index (χ3v) is 9.01. The highest BCUT2D eigenvalue weighted by Crippen LogP contribution is 2.31. The number of piperidine rings is 1. The molecule has 0 spiro atoms. The lowest BCUT2D eigenvalue weighted by molar-refractivity contribution is -0.123. The maximum absolute atomic E-state index is 12.6. The van der Waals surface area contributed by atoms with Crippen LogP contribution in [0.5, 0.6) is 0 Å². The van der Waals surface area contributed by atoms with Gasteiger partial charge in [-0.2, -0.15) is 4.31 Å². The van der Waals surface area contributed by atoms with Crippen molar-refractivity contribution in [3.05, 3.63) is 16.5 Å². The Bertz CT molecular complexity index is 704. The number of hydrogen-bond acceptors (Lipinski definition) is 4. The number of carbonyl (C=O) groups excluding carboxylic acids is 1. The van der Waals surface area contributed by atoms with Gasteiger partial charge in [0.2, 0.25) is 5.91 Å². The fourth-order valence-electron chi connectivity index (χ4n) is 3.89. The van der Waals surface area contributed by atoms with Gasteiger partial charge in [-0.25, -0.2) is 8.42 Å². The number of halogens is 1. The van der Waals surface area contributed by atoms with E-state index in [-0.39, 0.29) is 11.8 Å². The first kappa shape index (κ1) is 20.1. The van der Waals surface area contributed by atoms with E-state index in [9.17, 15) is 13.2 Å². The number of rotatable bonds is 5. The van der Waals surface area contributed by atoms with Crippen molar-refractivity contribution in [1.29, 1.82) is 0 Å². The first-order valence-electron chi connectivity index (χ1n) is 9.50. The molecule has 1 saturated heterocycles. The number of nitrogens with zero attached hydrogens (tertiary/aromatic N) is 1. The van der Waals surface area contributed by atoms with Crippen LogP contribution in [0, 0.1) is 5.92 Å². The Morgan fingerprint density at radius 1 is 1.12 bits per heavy atom. The third-order valence-electron chi connectivity index (χ3n) is 5.41. The molecule has 2 fully saturated rings. The molecule has 1 N–H and O–H groups in total. The van der Waals surface area contributed by atoms with Crippen LogP contribution in [0.15, 0.2) is 16.3 Å². The molecular formula is C18H27ClN2O3S2. The van der Waals surface area contributed by atoms with Crippen LogP contribution in [0.2, 0.25) is 4.34 Å². The summed E-state index contributed by atoms with van der Waals surface area (Å²) in [6.45, 7) is 0.943. The minimum absolute atomic E-state index is 0.128. The summed E-state index contributed by atoms with van der Waals surface area (Å²) in [6, 6.07) is 3.51. The molecular weight excluding hydrogens is 392 g/mol. The minimum atomic E-state index is -3.45. The highest BCUT2D eigenvalue weighted by molar-refractivity contribution is 7.91. The molecule has 1 saturated carbocycles. The van der Waals surface area contributed by atoms with Crippen LogP contribution in [0.25, 0.3) is 0 Å². The molecule has 0 unspecified atom stereocenters. The number of carbonyl (C=O) groups is 1. The van der Waals surface area contributed by atoms with Gasteiger partial charge in [-0.05, 0) is 43.7 Å². The number of thiophene rings is 1. The number of amides is 1. The van der Waals surface area contributed by atoms with Gasteiger partial charge >= 0.3 is 0 Å². The average molecular weight is 419 g/mol. The predicted octanol–water partition coefficient (Wildman–Crippen LogP) is 4.03. The largest absolute Gasteiger partial charge is 0.353 e. The average Bonchev–Trinajstić information content (AvgIpc) is 2.89. The highest BCUT2D eigenvalue weighted by atomic mass is 35.5. The Labute approximate surface area is 165 Å². The SMILES string of the molecule is O=C(CC1CCN(S(=O)(=O)c2ccc(Cl)s2)CC1)NC1CCCCCC1. The van der Waals surface area contributed by atoms with Crippen LogP contribution in [-0.4, -0.2) is 37.8 Å². The lowest BCUT2D eigenvalue weighted by Crippen LogP contribution is -2.40. The van der Waals surface area contributed by atoms with Gasteiger partial charge in [-0.15, -0.1) is 11.3 Å². The van der Waals surface area contributed by atoms with E-state index in [1.807, 2.05) is 0 Å². The van der Waals surface area contributed by atoms with Gasteiger partial charge in [0.25, 0.3) is 10.0 Å². The van der Waals surface area contributed by atoms with Crippen molar-refractivity contribution in [2.45, 2.75) is 68.0 Å². The molecule has 1 aromatic rings. The molecule has 8 heteroatoms. The van der Waals surface area contributed by atoms with Gasteiger partial charge < -0.3 is 5.32 Å². The smallest absolute Gasteiger partial charge is 0.252 e. The first-order valence-corrected chi connectivity index (χ1v) is 12.1. The maximum Gasteiger partial charge on any atom is 0.252 e. The second-order valence-electron chi connectivity index (χ2n) is 7.37. The Hall–Kier alpha value is -0.630. The normalized spacial score (nSPS) is 21.4. The van der Waals surface area contributed by atoms with Crippen molar-refractivity contribution in [2.75, 3.05) is 13.1 Å². The molecule has 1 aliphatic heterocycles. The molecule has 0 aromatic carbocycles. The molecule has 0 atom stereocenters. The molecule has 26 heavy (non-hydrogen) atoms. The summed E-state index contributed by atoms with van der Waals surface area (Å²) >= 11 is 6.96. The first-order chi connectivity index (χ1) is 12.4. The Balaban J connectivity index is 1.46. The molecule has 146 valence electrons. The van der Waals surface area contributed by atoms with Crippen LogP contribution in [0.3, 0.4) is 0 Å². The van der Waals surface area contributed by atoms with E-state index in [0.717, 1.165) is 37.0 Å². The monoisotopic (exact) mass is 418 g/mol. The molecule has 1 amide bonds. The van der Waals surface area contributed by atoms with E-state index in [2.05, 4.69) is 5.32 Å². The second-order valence-corrected chi connectivity index (χ2v) is 11.2. The number of hydrogen-bond donors (Lipinski definition) is 1. The van der Waals surface area contributed by atoms with Gasteiger partial charge in [0.15, 0.2) is 0 Å². The van der Waals surface area contributed by atoms with Crippen LogP contribution in [-0.2, 0) is 14.8 Å². The van der Waals surface area contributed by atoms with Gasteiger partial charge in [-0.3, -0.25) is 4.79 Å². The van der Waals surface area contributed by atoms with Crippen LogP contribution >= 0.6 is 22.9 Å². The van der Waals surface area contributed by atoms with Crippen molar-refractivity contribution in [3.63, 3.8) is 0 Å². The van der Waals surface area contributed by atoms with Crippen molar-refractivity contribution >= 4 is 38.9 Å². The lowest BCUT2D eigenvalue weighted by atomic mass is 9.94. The van der Waals surface area contributed by atoms with Gasteiger partial charge in [0.05, 0.1) is 4.34 Å². The molecule has 0 radical (unpaired) electrons. The summed E-state index contributed by atoms with van der Waals surface area (Å²) in [4.78, 5) is 12.3. The van der Waals surface area contributed by atoms with E-state index >= 15 is 0 Å². The molecule has 2 heterocycles. The summed E-state index contributed by atoms with van der Waals surface area (Å²) in [5.41, 5.74) is 0. The van der Waals surface area contributed by atoms with Crippen molar-refractivity contribution < 1.29 is 13.2 Å². The van der Waals surface area contributed by atoms with Crippen LogP contribution in [0.4, 0.5) is 0 Å². The van der Waals surface area contributed by atoms with Gasteiger partial charge in [0.1, 0.15) is 4.21 Å². The zero-order chi connectivity index (χ0) is 18.6. The quantitative estimate of drug-likeness (QED) is 0.734. The molecule has 3 rings (SSSR count). The summed E-state index contributed by atoms with van der Waals surface area (Å²) in [5, 5.41) is 3.19. The van der Waals surface area contributed by atoms with Crippen molar-refractivity contribution in [2.24, 2.45) is 5.92 Å². The lowest BCUT2D eigenvalue weighted by Gasteiger charge is -2.30. The van der Waals surface area contributed by atoms with Crippen molar-refractivity contribution in [3.8, 4) is 0 Å². The van der Waals surface area contributed by atoms with Gasteiger partial charge in [0, 0.05) is 25.6 Å². The zero-order valence-electron chi connectivity index (χ0n) is 15.0. The van der Waals surface area contributed by atoms with Crippen molar-refractivity contribution in [1.82, 2.24) is 9.62 Å². The summed E-state index contributed by atoms with van der Waals surface area (Å²) in [6.07, 6.45) is 9.10. The summed E-state index contributed by atoms with van der Waals surface area (Å²) < 4.78 is 27.5. The molecule has 2 aliphatic rings. The predicted molar refractivity (Wildman–Crippen MR) is 105 cm³/mol. The highest BCUT2D eigenvalue weighted by Gasteiger charge is 2.31. The van der Waals surface area contributed by atoms with E-state index < -0.39 is 10.0 Å². The number of sulfonamides is 1. The Kier molecular flexibility index (Phi) is 6.99. The third kappa shape index (κ3) is 5.21. The topological polar surface area (TPSA) is 66.5 Å². The molecule has 1 aliphatic carbocycles. The van der Waals surface area contributed by atoms with E-state index in [0.29, 0.717) is 34.1 Å². The Morgan fingerprint density at radius 2 is 1.77 bits per heavy atom. The van der Waals surface area contributed by atoms with Crippen LogP contribution in [0.1, 0.15) is 57.8 Å². The number of nitrogens with one attached hydrogen (secondary N) is 1. The minimum Gasteiger partial charge on any atom is -0.353 e. The maximum atomic E-state index is 12.6. The van der Waals surface area contributed by atoms with E-state index in [1.54, 1.807) is 12.1 Å². The standard InChI is InChI=1S/C18H27ClN2O3S2/c19-16-7-8-18(25-16)26(23,24)21-11-9-14(10-12-21)13-17(22)20-15-5-3-1-2-4-6-15/h7-8,14-15H,1-6,9-13H2,(H,20,22). The van der Waals surface area contributed by atoms with E-state index in [1.165, 1.54) is 30.0 Å². The van der Waals surface area contributed by atoms with E-state index in [4.69, 9.17) is 11.6 Å². The molecule has 0 bridgehead atoms. The molecule has 5 nitrogen and oxygen atoms in total. The summed E-state index contributed by atoms with van der Waals surface area (Å²) in [5.74, 6) is 0.391. The second kappa shape index (κ2) is 9.04. The molecule has 1 aromatic heterocycles. The zero-order valence-corrected chi connectivity index (χ0v) is 17.3. The van der Waals surface area contributed by atoms with Crippen LogP contribution < -0.4 is 5.32 Å². The van der Waals surface area contributed by atoms with Gasteiger partial charge in [-0.1, -0.05) is 37.3 Å². The fourth-order valence-corrected chi connectivity index (χ4v) is 7.00. The summed E-state index contributed by atoms with van der Waals surface area (Å²) in [7, 11) is -3.45. The fraction of sp³-hybridized carbons (Fsp3) is 0.722. The Morgan fingerprint density at radius 3 is 2.35 bits per heavy atom.